The quantitative estimate of drug-likeness (QED) is 0.790. The van der Waals surface area contributed by atoms with Gasteiger partial charge < -0.3 is 10.4 Å². The third-order valence-corrected chi connectivity index (χ3v) is 3.57. The molecule has 3 heteroatoms. The van der Waals surface area contributed by atoms with Gasteiger partial charge in [-0.2, -0.15) is 0 Å². The van der Waals surface area contributed by atoms with Crippen LogP contribution in [0.25, 0.3) is 0 Å². The van der Waals surface area contributed by atoms with Crippen molar-refractivity contribution in [2.45, 2.75) is 57.2 Å². The fourth-order valence-electron chi connectivity index (χ4n) is 2.52. The molecule has 1 saturated carbocycles. The van der Waals surface area contributed by atoms with E-state index in [1.165, 1.54) is 12.8 Å². The van der Waals surface area contributed by atoms with Gasteiger partial charge in [0.2, 0.25) is 0 Å². The van der Waals surface area contributed by atoms with Crippen molar-refractivity contribution in [3.63, 3.8) is 0 Å². The highest BCUT2D eigenvalue weighted by molar-refractivity contribution is 5.08. The van der Waals surface area contributed by atoms with E-state index in [0.29, 0.717) is 0 Å². The first-order valence-corrected chi connectivity index (χ1v) is 6.62. The van der Waals surface area contributed by atoms with Crippen LogP contribution in [0.2, 0.25) is 0 Å². The lowest BCUT2D eigenvalue weighted by Gasteiger charge is -2.25. The van der Waals surface area contributed by atoms with Gasteiger partial charge in [-0.1, -0.05) is 25.3 Å². The summed E-state index contributed by atoms with van der Waals surface area (Å²) in [4.78, 5) is 4.35. The van der Waals surface area contributed by atoms with E-state index in [2.05, 4.69) is 17.2 Å². The molecule has 0 radical (unpaired) electrons. The number of nitrogens with zero attached hydrogens (tertiary/aromatic N) is 1. The van der Waals surface area contributed by atoms with Crippen LogP contribution in [0.5, 0.6) is 0 Å². The molecule has 1 fully saturated rings. The topological polar surface area (TPSA) is 45.1 Å². The Morgan fingerprint density at radius 2 is 2.12 bits per heavy atom. The number of aliphatic hydroxyl groups excluding tert-OH is 1. The Hall–Kier alpha value is -0.930. The first-order valence-electron chi connectivity index (χ1n) is 6.62. The molecule has 1 aliphatic rings. The zero-order valence-corrected chi connectivity index (χ0v) is 10.5. The molecule has 0 saturated heterocycles. The smallest absolute Gasteiger partial charge is 0.0693 e. The highest BCUT2D eigenvalue weighted by atomic mass is 16.3. The standard InChI is InChI=1S/C14H22N2O/c1-11(12-7-5-6-10-15-12)16-13-8-3-2-4-9-14(13)17/h5-7,10-11,13-14,16-17H,2-4,8-9H2,1H3/t11-,13?,14?/m1/s1. The number of aliphatic hydroxyl groups is 1. The van der Waals surface area contributed by atoms with Crippen LogP contribution < -0.4 is 5.32 Å². The minimum atomic E-state index is -0.205. The average Bonchev–Trinajstić information content (AvgIpc) is 2.56. The van der Waals surface area contributed by atoms with E-state index in [0.717, 1.165) is 25.0 Å². The van der Waals surface area contributed by atoms with E-state index in [1.54, 1.807) is 0 Å². The van der Waals surface area contributed by atoms with E-state index >= 15 is 0 Å². The minimum absolute atomic E-state index is 0.203. The summed E-state index contributed by atoms with van der Waals surface area (Å²) in [7, 11) is 0. The first-order chi connectivity index (χ1) is 8.27. The molecule has 0 amide bonds. The molecule has 1 aromatic rings. The zero-order chi connectivity index (χ0) is 12.1. The Morgan fingerprint density at radius 1 is 1.29 bits per heavy atom. The van der Waals surface area contributed by atoms with Gasteiger partial charge in [0, 0.05) is 18.3 Å². The van der Waals surface area contributed by atoms with Gasteiger partial charge in [-0.3, -0.25) is 4.98 Å². The number of rotatable bonds is 3. The van der Waals surface area contributed by atoms with Crippen molar-refractivity contribution in [1.29, 1.82) is 0 Å². The maximum absolute atomic E-state index is 10.1. The molecule has 2 N–H and O–H groups in total. The molecular formula is C14H22N2O. The Morgan fingerprint density at radius 3 is 2.88 bits per heavy atom. The summed E-state index contributed by atoms with van der Waals surface area (Å²) >= 11 is 0. The summed E-state index contributed by atoms with van der Waals surface area (Å²) in [6, 6.07) is 6.38. The summed E-state index contributed by atoms with van der Waals surface area (Å²) in [6.07, 6.45) is 7.21. The van der Waals surface area contributed by atoms with Gasteiger partial charge in [-0.25, -0.2) is 0 Å². The van der Waals surface area contributed by atoms with E-state index < -0.39 is 0 Å². The zero-order valence-electron chi connectivity index (χ0n) is 10.5. The first kappa shape index (κ1) is 12.5. The highest BCUT2D eigenvalue weighted by Gasteiger charge is 2.23. The van der Waals surface area contributed by atoms with Crippen LogP contribution in [-0.2, 0) is 0 Å². The van der Waals surface area contributed by atoms with Crippen molar-refractivity contribution < 1.29 is 5.11 Å². The van der Waals surface area contributed by atoms with E-state index in [-0.39, 0.29) is 18.2 Å². The normalized spacial score (nSPS) is 27.4. The Labute approximate surface area is 103 Å². The van der Waals surface area contributed by atoms with Crippen LogP contribution >= 0.6 is 0 Å². The monoisotopic (exact) mass is 234 g/mol. The molecule has 3 nitrogen and oxygen atoms in total. The van der Waals surface area contributed by atoms with Gasteiger partial charge in [0.1, 0.15) is 0 Å². The van der Waals surface area contributed by atoms with Gasteiger partial charge in [-0.05, 0) is 31.9 Å². The summed E-state index contributed by atoms with van der Waals surface area (Å²) in [6.45, 7) is 2.11. The number of hydrogen-bond acceptors (Lipinski definition) is 3. The summed E-state index contributed by atoms with van der Waals surface area (Å²) < 4.78 is 0. The van der Waals surface area contributed by atoms with Crippen molar-refractivity contribution >= 4 is 0 Å². The fraction of sp³-hybridized carbons (Fsp3) is 0.643. The van der Waals surface area contributed by atoms with Crippen LogP contribution in [0.3, 0.4) is 0 Å². The third kappa shape index (κ3) is 3.51. The highest BCUT2D eigenvalue weighted by Crippen LogP contribution is 2.20. The van der Waals surface area contributed by atoms with Gasteiger partial charge in [0.05, 0.1) is 11.8 Å². The van der Waals surface area contributed by atoms with E-state index in [9.17, 15) is 5.11 Å². The minimum Gasteiger partial charge on any atom is -0.392 e. The predicted octanol–water partition coefficient (Wildman–Crippen LogP) is 2.43. The van der Waals surface area contributed by atoms with E-state index in [4.69, 9.17) is 0 Å². The fourth-order valence-corrected chi connectivity index (χ4v) is 2.52. The molecule has 0 aromatic carbocycles. The molecule has 2 unspecified atom stereocenters. The third-order valence-electron chi connectivity index (χ3n) is 3.57. The SMILES string of the molecule is C[C@@H](NC1CCCCCC1O)c1ccccn1. The Bertz CT molecular complexity index is 328. The van der Waals surface area contributed by atoms with Crippen molar-refractivity contribution in [3.05, 3.63) is 30.1 Å². The molecule has 1 aliphatic carbocycles. The van der Waals surface area contributed by atoms with Crippen molar-refractivity contribution in [2.24, 2.45) is 0 Å². The molecule has 94 valence electrons. The molecule has 0 aliphatic heterocycles. The molecule has 0 bridgehead atoms. The number of aromatic nitrogens is 1. The van der Waals surface area contributed by atoms with Crippen molar-refractivity contribution in [1.82, 2.24) is 10.3 Å². The Balaban J connectivity index is 1.95. The lowest BCUT2D eigenvalue weighted by atomic mass is 10.0. The number of pyridine rings is 1. The average molecular weight is 234 g/mol. The maximum atomic E-state index is 10.1. The largest absolute Gasteiger partial charge is 0.392 e. The van der Waals surface area contributed by atoms with Gasteiger partial charge >= 0.3 is 0 Å². The summed E-state index contributed by atoms with van der Waals surface area (Å²) in [5, 5.41) is 13.6. The van der Waals surface area contributed by atoms with Gasteiger partial charge in [-0.15, -0.1) is 0 Å². The molecule has 1 aromatic heterocycles. The van der Waals surface area contributed by atoms with Gasteiger partial charge in [0.25, 0.3) is 0 Å². The molecule has 3 atom stereocenters. The Kier molecular flexibility index (Phi) is 4.51. The number of hydrogen-bond donors (Lipinski definition) is 2. The van der Waals surface area contributed by atoms with Crippen molar-refractivity contribution in [2.75, 3.05) is 0 Å². The van der Waals surface area contributed by atoms with Crippen LogP contribution in [0.1, 0.15) is 50.8 Å². The molecule has 17 heavy (non-hydrogen) atoms. The molecule has 0 spiro atoms. The van der Waals surface area contributed by atoms with Crippen LogP contribution in [-0.4, -0.2) is 22.2 Å². The summed E-state index contributed by atoms with van der Waals surface area (Å²) in [5.74, 6) is 0. The van der Waals surface area contributed by atoms with Crippen LogP contribution in [0.15, 0.2) is 24.4 Å². The molecule has 1 heterocycles. The molecule has 2 rings (SSSR count). The maximum Gasteiger partial charge on any atom is 0.0693 e. The van der Waals surface area contributed by atoms with Crippen LogP contribution in [0, 0.1) is 0 Å². The predicted molar refractivity (Wildman–Crippen MR) is 68.7 cm³/mol. The molecular weight excluding hydrogens is 212 g/mol. The second-order valence-electron chi connectivity index (χ2n) is 4.95. The van der Waals surface area contributed by atoms with Crippen LogP contribution in [0.4, 0.5) is 0 Å². The second kappa shape index (κ2) is 6.12. The van der Waals surface area contributed by atoms with Gasteiger partial charge in [0.15, 0.2) is 0 Å². The number of nitrogens with one attached hydrogen (secondary N) is 1. The second-order valence-corrected chi connectivity index (χ2v) is 4.95. The lowest BCUT2D eigenvalue weighted by Crippen LogP contribution is -2.40. The van der Waals surface area contributed by atoms with E-state index in [1.807, 2.05) is 24.4 Å². The van der Waals surface area contributed by atoms with Crippen molar-refractivity contribution in [3.8, 4) is 0 Å². The summed E-state index contributed by atoms with van der Waals surface area (Å²) in [5.41, 5.74) is 1.05. The lowest BCUT2D eigenvalue weighted by molar-refractivity contribution is 0.114.